The zero-order valence-electron chi connectivity index (χ0n) is 7.62. The van der Waals surface area contributed by atoms with Crippen molar-refractivity contribution < 1.29 is 19.0 Å². The number of hydrogen-bond donors (Lipinski definition) is 0. The van der Waals surface area contributed by atoms with E-state index in [9.17, 15) is 4.79 Å². The van der Waals surface area contributed by atoms with Crippen LogP contribution in [-0.2, 0) is 19.0 Å². The summed E-state index contributed by atoms with van der Waals surface area (Å²) < 4.78 is 14.9. The Bertz CT molecular complexity index is 174. The van der Waals surface area contributed by atoms with Crippen molar-refractivity contribution in [1.82, 2.24) is 0 Å². The van der Waals surface area contributed by atoms with Gasteiger partial charge in [0, 0.05) is 14.2 Å². The molecule has 1 rings (SSSR count). The summed E-state index contributed by atoms with van der Waals surface area (Å²) >= 11 is 0. The number of hydrogen-bond acceptors (Lipinski definition) is 4. The molecular weight excluding hydrogens is 160 g/mol. The quantitative estimate of drug-likeness (QED) is 0.579. The van der Waals surface area contributed by atoms with Gasteiger partial charge in [0.25, 0.3) is 0 Å². The molecule has 0 aromatic rings. The third-order valence-electron chi connectivity index (χ3n) is 2.48. The number of ether oxygens (including phenoxy) is 3. The summed E-state index contributed by atoms with van der Waals surface area (Å²) in [6, 6.07) is 0. The smallest absolute Gasteiger partial charge is 0.340 e. The van der Waals surface area contributed by atoms with Crippen LogP contribution in [0.4, 0.5) is 0 Å². The Kier molecular flexibility index (Phi) is 2.69. The molecule has 0 saturated heterocycles. The summed E-state index contributed by atoms with van der Waals surface area (Å²) in [6.45, 7) is 0. The molecule has 70 valence electrons. The third-order valence-corrected chi connectivity index (χ3v) is 2.48. The lowest BCUT2D eigenvalue weighted by atomic mass is 9.76. The first kappa shape index (κ1) is 9.48. The van der Waals surface area contributed by atoms with Gasteiger partial charge in [-0.3, -0.25) is 0 Å². The van der Waals surface area contributed by atoms with E-state index in [0.29, 0.717) is 6.42 Å². The average Bonchev–Trinajstić information content (AvgIpc) is 2.05. The fourth-order valence-electron chi connectivity index (χ4n) is 1.56. The van der Waals surface area contributed by atoms with Gasteiger partial charge in [-0.1, -0.05) is 0 Å². The highest BCUT2D eigenvalue weighted by atomic mass is 16.6. The van der Waals surface area contributed by atoms with Gasteiger partial charge in [0.05, 0.1) is 13.2 Å². The molecule has 1 aliphatic rings. The Labute approximate surface area is 71.8 Å². The van der Waals surface area contributed by atoms with Gasteiger partial charge >= 0.3 is 5.97 Å². The standard InChI is InChI=1S/C8H14O4/c1-10-6-4-5-8(6,12-3)7(9)11-2/h6H,4-5H2,1-3H3/t6-,8-/m0/s1. The van der Waals surface area contributed by atoms with Crippen molar-refractivity contribution in [2.75, 3.05) is 21.3 Å². The minimum absolute atomic E-state index is 0.157. The SMILES string of the molecule is COC(=O)[C@]1(OC)CC[C@@H]1OC. The molecule has 1 saturated carbocycles. The fraction of sp³-hybridized carbons (Fsp3) is 0.875. The molecule has 0 amide bonds. The summed E-state index contributed by atoms with van der Waals surface area (Å²) in [5.74, 6) is -0.344. The zero-order chi connectivity index (χ0) is 9.19. The van der Waals surface area contributed by atoms with E-state index < -0.39 is 5.60 Å². The van der Waals surface area contributed by atoms with Gasteiger partial charge in [0.15, 0.2) is 5.60 Å². The van der Waals surface area contributed by atoms with E-state index >= 15 is 0 Å². The van der Waals surface area contributed by atoms with Crippen LogP contribution in [0.1, 0.15) is 12.8 Å². The van der Waals surface area contributed by atoms with E-state index in [1.807, 2.05) is 0 Å². The van der Waals surface area contributed by atoms with E-state index in [0.717, 1.165) is 6.42 Å². The van der Waals surface area contributed by atoms with E-state index in [1.165, 1.54) is 14.2 Å². The molecule has 0 aliphatic heterocycles. The molecule has 0 aromatic carbocycles. The predicted molar refractivity (Wildman–Crippen MR) is 41.8 cm³/mol. The molecule has 0 unspecified atom stereocenters. The predicted octanol–water partition coefficient (Wildman–Crippen LogP) is 0.353. The molecule has 4 nitrogen and oxygen atoms in total. The van der Waals surface area contributed by atoms with E-state index in [1.54, 1.807) is 7.11 Å². The van der Waals surface area contributed by atoms with Gasteiger partial charge in [-0.2, -0.15) is 0 Å². The molecule has 2 atom stereocenters. The summed E-state index contributed by atoms with van der Waals surface area (Å²) in [7, 11) is 4.43. The maximum atomic E-state index is 11.3. The van der Waals surface area contributed by atoms with Crippen molar-refractivity contribution in [2.45, 2.75) is 24.5 Å². The van der Waals surface area contributed by atoms with Crippen LogP contribution in [0.15, 0.2) is 0 Å². The Hall–Kier alpha value is -0.610. The lowest BCUT2D eigenvalue weighted by molar-refractivity contribution is -0.209. The summed E-state index contributed by atoms with van der Waals surface area (Å²) in [5.41, 5.74) is -0.844. The van der Waals surface area contributed by atoms with Crippen LogP contribution in [0, 0.1) is 0 Å². The van der Waals surface area contributed by atoms with Gasteiger partial charge in [0.2, 0.25) is 0 Å². The summed E-state index contributed by atoms with van der Waals surface area (Å²) in [6.07, 6.45) is 1.36. The molecule has 0 aromatic heterocycles. The van der Waals surface area contributed by atoms with Crippen LogP contribution in [0.2, 0.25) is 0 Å². The second-order valence-corrected chi connectivity index (χ2v) is 2.85. The van der Waals surface area contributed by atoms with Gasteiger partial charge in [-0.15, -0.1) is 0 Å². The van der Waals surface area contributed by atoms with Gasteiger partial charge < -0.3 is 14.2 Å². The van der Waals surface area contributed by atoms with Crippen LogP contribution in [-0.4, -0.2) is 39.0 Å². The first-order valence-electron chi connectivity index (χ1n) is 3.87. The van der Waals surface area contributed by atoms with Crippen molar-refractivity contribution in [2.24, 2.45) is 0 Å². The number of carbonyl (C=O) groups is 1. The molecule has 1 fully saturated rings. The molecule has 0 N–H and O–H groups in total. The average molecular weight is 174 g/mol. The highest BCUT2D eigenvalue weighted by molar-refractivity contribution is 5.81. The number of esters is 1. The minimum atomic E-state index is -0.844. The maximum Gasteiger partial charge on any atom is 0.340 e. The van der Waals surface area contributed by atoms with Crippen molar-refractivity contribution in [1.29, 1.82) is 0 Å². The number of methoxy groups -OCH3 is 3. The lowest BCUT2D eigenvalue weighted by Gasteiger charge is -2.44. The first-order chi connectivity index (χ1) is 5.71. The van der Waals surface area contributed by atoms with Crippen molar-refractivity contribution in [3.8, 4) is 0 Å². The summed E-state index contributed by atoms with van der Waals surface area (Å²) in [4.78, 5) is 11.3. The summed E-state index contributed by atoms with van der Waals surface area (Å²) in [5, 5.41) is 0. The van der Waals surface area contributed by atoms with Gasteiger partial charge in [0.1, 0.15) is 0 Å². The minimum Gasteiger partial charge on any atom is -0.467 e. The fourth-order valence-corrected chi connectivity index (χ4v) is 1.56. The van der Waals surface area contributed by atoms with Crippen LogP contribution in [0.25, 0.3) is 0 Å². The molecule has 0 spiro atoms. The van der Waals surface area contributed by atoms with Crippen molar-refractivity contribution >= 4 is 5.97 Å². The molecule has 0 radical (unpaired) electrons. The first-order valence-corrected chi connectivity index (χ1v) is 3.87. The van der Waals surface area contributed by atoms with Gasteiger partial charge in [-0.05, 0) is 12.8 Å². The highest BCUT2D eigenvalue weighted by Crippen LogP contribution is 2.38. The third kappa shape index (κ3) is 1.11. The molecule has 1 aliphatic carbocycles. The van der Waals surface area contributed by atoms with E-state index in [4.69, 9.17) is 9.47 Å². The number of carbonyl (C=O) groups excluding carboxylic acids is 1. The largest absolute Gasteiger partial charge is 0.467 e. The van der Waals surface area contributed by atoms with Crippen molar-refractivity contribution in [3.63, 3.8) is 0 Å². The maximum absolute atomic E-state index is 11.3. The zero-order valence-corrected chi connectivity index (χ0v) is 7.62. The molecule has 12 heavy (non-hydrogen) atoms. The Morgan fingerprint density at radius 2 is 2.08 bits per heavy atom. The van der Waals surface area contributed by atoms with Crippen LogP contribution >= 0.6 is 0 Å². The van der Waals surface area contributed by atoms with Crippen LogP contribution in [0.3, 0.4) is 0 Å². The van der Waals surface area contributed by atoms with E-state index in [2.05, 4.69) is 4.74 Å². The molecule has 0 heterocycles. The second kappa shape index (κ2) is 3.41. The van der Waals surface area contributed by atoms with Crippen LogP contribution < -0.4 is 0 Å². The Morgan fingerprint density at radius 1 is 1.42 bits per heavy atom. The molecule has 0 bridgehead atoms. The second-order valence-electron chi connectivity index (χ2n) is 2.85. The Morgan fingerprint density at radius 3 is 2.33 bits per heavy atom. The van der Waals surface area contributed by atoms with Crippen molar-refractivity contribution in [3.05, 3.63) is 0 Å². The lowest BCUT2D eigenvalue weighted by Crippen LogP contribution is -2.60. The molecule has 4 heteroatoms. The normalized spacial score (nSPS) is 34.1. The Balaban J connectivity index is 2.69. The monoisotopic (exact) mass is 174 g/mol. The van der Waals surface area contributed by atoms with Crippen LogP contribution in [0.5, 0.6) is 0 Å². The van der Waals surface area contributed by atoms with E-state index in [-0.39, 0.29) is 12.1 Å². The number of rotatable bonds is 3. The topological polar surface area (TPSA) is 44.8 Å². The highest BCUT2D eigenvalue weighted by Gasteiger charge is 2.55. The molecular formula is C8H14O4. The van der Waals surface area contributed by atoms with Gasteiger partial charge in [-0.25, -0.2) is 4.79 Å².